The average molecular weight is 195 g/mol. The molecule has 1 aromatic heterocycles. The molecule has 2 rings (SSSR count). The summed E-state index contributed by atoms with van der Waals surface area (Å²) in [5.41, 5.74) is 3.27. The highest BCUT2D eigenvalue weighted by atomic mass is 32.1. The van der Waals surface area contributed by atoms with Crippen molar-refractivity contribution in [3.63, 3.8) is 0 Å². The zero-order chi connectivity index (χ0) is 9.64. The molecule has 2 heterocycles. The number of fused-ring (bicyclic) bond motifs is 1. The third kappa shape index (κ3) is 1.32. The molecular formula is C11H17NS. The zero-order valence-corrected chi connectivity index (χ0v) is 9.59. The van der Waals surface area contributed by atoms with Gasteiger partial charge in [-0.3, -0.25) is 0 Å². The van der Waals surface area contributed by atoms with Crippen molar-refractivity contribution >= 4 is 11.3 Å². The van der Waals surface area contributed by atoms with Crippen LogP contribution < -0.4 is 5.32 Å². The van der Waals surface area contributed by atoms with E-state index in [2.05, 4.69) is 38.4 Å². The maximum atomic E-state index is 3.54. The van der Waals surface area contributed by atoms with Gasteiger partial charge >= 0.3 is 0 Å². The van der Waals surface area contributed by atoms with Crippen LogP contribution in [0.3, 0.4) is 0 Å². The van der Waals surface area contributed by atoms with Crippen LogP contribution in [0.2, 0.25) is 0 Å². The Labute approximate surface area is 84.2 Å². The lowest BCUT2D eigenvalue weighted by atomic mass is 9.96. The predicted octanol–water partition coefficient (Wildman–Crippen LogP) is 3.21. The summed E-state index contributed by atoms with van der Waals surface area (Å²) in [4.78, 5) is 1.56. The van der Waals surface area contributed by atoms with Crippen LogP contribution in [0.4, 0.5) is 0 Å². The van der Waals surface area contributed by atoms with Crippen molar-refractivity contribution in [3.05, 3.63) is 21.4 Å². The molecule has 0 spiro atoms. The minimum absolute atomic E-state index is 0.193. The summed E-state index contributed by atoms with van der Waals surface area (Å²) in [5.74, 6) is 0.671. The van der Waals surface area contributed by atoms with Crippen molar-refractivity contribution in [1.29, 1.82) is 0 Å². The Balaban J connectivity index is 2.48. The van der Waals surface area contributed by atoms with Gasteiger partial charge in [-0.05, 0) is 36.3 Å². The fraction of sp³-hybridized carbons (Fsp3) is 0.636. The van der Waals surface area contributed by atoms with Gasteiger partial charge in [0.25, 0.3) is 0 Å². The van der Waals surface area contributed by atoms with Gasteiger partial charge in [0.15, 0.2) is 0 Å². The van der Waals surface area contributed by atoms with Crippen LogP contribution in [-0.2, 0) is 12.1 Å². The third-order valence-electron chi connectivity index (χ3n) is 2.83. The Morgan fingerprint density at radius 2 is 2.15 bits per heavy atom. The van der Waals surface area contributed by atoms with Crippen molar-refractivity contribution in [3.8, 4) is 0 Å². The summed E-state index contributed by atoms with van der Waals surface area (Å²) < 4.78 is 0. The molecular weight excluding hydrogens is 178 g/mol. The standard InChI is InChI=1S/C11H17NS/c1-7(2)10-8-5-12-11(3,4)9(8)6-13-10/h6-7,12H,5H2,1-4H3. The van der Waals surface area contributed by atoms with Crippen LogP contribution in [0.15, 0.2) is 5.38 Å². The first kappa shape index (κ1) is 9.22. The number of thiophene rings is 1. The predicted molar refractivity (Wildman–Crippen MR) is 58.3 cm³/mol. The van der Waals surface area contributed by atoms with Crippen molar-refractivity contribution < 1.29 is 0 Å². The first-order valence-electron chi connectivity index (χ1n) is 4.88. The van der Waals surface area contributed by atoms with Gasteiger partial charge in [-0.1, -0.05) is 13.8 Å². The molecule has 1 aliphatic heterocycles. The topological polar surface area (TPSA) is 12.0 Å². The van der Waals surface area contributed by atoms with Crippen molar-refractivity contribution in [1.82, 2.24) is 5.32 Å². The van der Waals surface area contributed by atoms with E-state index in [9.17, 15) is 0 Å². The molecule has 0 fully saturated rings. The Morgan fingerprint density at radius 1 is 1.46 bits per heavy atom. The summed E-state index contributed by atoms with van der Waals surface area (Å²) in [6.07, 6.45) is 0. The van der Waals surface area contributed by atoms with E-state index in [0.717, 1.165) is 6.54 Å². The Kier molecular flexibility index (Phi) is 2.00. The molecule has 1 aliphatic rings. The second-order valence-corrected chi connectivity index (χ2v) is 5.54. The van der Waals surface area contributed by atoms with E-state index in [1.54, 1.807) is 10.4 Å². The monoisotopic (exact) mass is 195 g/mol. The largest absolute Gasteiger partial charge is 0.304 e. The van der Waals surface area contributed by atoms with E-state index in [0.29, 0.717) is 5.92 Å². The highest BCUT2D eigenvalue weighted by Crippen LogP contribution is 2.39. The number of rotatable bonds is 1. The van der Waals surface area contributed by atoms with Crippen molar-refractivity contribution in [2.45, 2.75) is 45.7 Å². The quantitative estimate of drug-likeness (QED) is 0.725. The summed E-state index contributed by atoms with van der Waals surface area (Å²) in [6, 6.07) is 0. The van der Waals surface area contributed by atoms with Gasteiger partial charge in [0.1, 0.15) is 0 Å². The second kappa shape index (κ2) is 2.82. The van der Waals surface area contributed by atoms with E-state index in [-0.39, 0.29) is 5.54 Å². The van der Waals surface area contributed by atoms with Crippen molar-refractivity contribution in [2.75, 3.05) is 0 Å². The molecule has 72 valence electrons. The second-order valence-electron chi connectivity index (χ2n) is 4.63. The average Bonchev–Trinajstić information content (AvgIpc) is 2.52. The van der Waals surface area contributed by atoms with E-state index in [1.807, 2.05) is 11.3 Å². The highest BCUT2D eigenvalue weighted by molar-refractivity contribution is 7.10. The van der Waals surface area contributed by atoms with E-state index >= 15 is 0 Å². The molecule has 0 unspecified atom stereocenters. The SMILES string of the molecule is CC(C)c1scc2c1CNC2(C)C. The molecule has 0 saturated heterocycles. The van der Waals surface area contributed by atoms with E-state index in [4.69, 9.17) is 0 Å². The molecule has 0 radical (unpaired) electrons. The van der Waals surface area contributed by atoms with Crippen molar-refractivity contribution in [2.24, 2.45) is 0 Å². The minimum atomic E-state index is 0.193. The van der Waals surface area contributed by atoms with Crippen LogP contribution in [0.1, 0.15) is 49.6 Å². The molecule has 1 aromatic rings. The zero-order valence-electron chi connectivity index (χ0n) is 8.77. The summed E-state index contributed by atoms with van der Waals surface area (Å²) in [7, 11) is 0. The maximum absolute atomic E-state index is 3.54. The molecule has 0 saturated carbocycles. The molecule has 2 heteroatoms. The van der Waals surface area contributed by atoms with Crippen LogP contribution in [-0.4, -0.2) is 0 Å². The lowest BCUT2D eigenvalue weighted by Gasteiger charge is -2.17. The highest BCUT2D eigenvalue weighted by Gasteiger charge is 2.32. The van der Waals surface area contributed by atoms with Crippen LogP contribution in [0.5, 0.6) is 0 Å². The number of hydrogen-bond acceptors (Lipinski definition) is 2. The van der Waals surface area contributed by atoms with Gasteiger partial charge in [0.2, 0.25) is 0 Å². The number of hydrogen-bond donors (Lipinski definition) is 1. The minimum Gasteiger partial charge on any atom is -0.304 e. The molecule has 0 atom stereocenters. The molecule has 1 nitrogen and oxygen atoms in total. The lowest BCUT2D eigenvalue weighted by molar-refractivity contribution is 0.443. The fourth-order valence-corrected chi connectivity index (χ4v) is 3.27. The Morgan fingerprint density at radius 3 is 2.77 bits per heavy atom. The van der Waals surface area contributed by atoms with Gasteiger partial charge in [-0.15, -0.1) is 11.3 Å². The number of nitrogens with one attached hydrogen (secondary N) is 1. The molecule has 1 N–H and O–H groups in total. The first-order valence-corrected chi connectivity index (χ1v) is 5.76. The normalized spacial score (nSPS) is 19.5. The Bertz CT molecular complexity index is 323. The van der Waals surface area contributed by atoms with Crippen LogP contribution in [0, 0.1) is 0 Å². The van der Waals surface area contributed by atoms with E-state index in [1.165, 1.54) is 5.56 Å². The van der Waals surface area contributed by atoms with Gasteiger partial charge in [-0.2, -0.15) is 0 Å². The fourth-order valence-electron chi connectivity index (χ4n) is 1.99. The van der Waals surface area contributed by atoms with Gasteiger partial charge in [-0.25, -0.2) is 0 Å². The lowest BCUT2D eigenvalue weighted by Crippen LogP contribution is -2.28. The summed E-state index contributed by atoms with van der Waals surface area (Å²) in [6.45, 7) is 10.1. The smallest absolute Gasteiger partial charge is 0.0391 e. The molecule has 0 aromatic carbocycles. The maximum Gasteiger partial charge on any atom is 0.0391 e. The van der Waals surface area contributed by atoms with Crippen LogP contribution >= 0.6 is 11.3 Å². The summed E-state index contributed by atoms with van der Waals surface area (Å²) >= 11 is 1.92. The molecule has 0 bridgehead atoms. The molecule has 0 aliphatic carbocycles. The molecule has 0 amide bonds. The van der Waals surface area contributed by atoms with Gasteiger partial charge in [0.05, 0.1) is 0 Å². The molecule has 13 heavy (non-hydrogen) atoms. The van der Waals surface area contributed by atoms with Gasteiger partial charge in [0, 0.05) is 17.0 Å². The van der Waals surface area contributed by atoms with Crippen LogP contribution in [0.25, 0.3) is 0 Å². The third-order valence-corrected chi connectivity index (χ3v) is 4.16. The Hall–Kier alpha value is -0.340. The first-order chi connectivity index (χ1) is 6.02. The van der Waals surface area contributed by atoms with E-state index < -0.39 is 0 Å². The summed E-state index contributed by atoms with van der Waals surface area (Å²) in [5, 5.41) is 5.87. The van der Waals surface area contributed by atoms with Gasteiger partial charge < -0.3 is 5.32 Å².